The molecule has 2 aromatic rings. The summed E-state index contributed by atoms with van der Waals surface area (Å²) in [6.45, 7) is 1.91. The van der Waals surface area contributed by atoms with Crippen molar-refractivity contribution in [3.63, 3.8) is 0 Å². The summed E-state index contributed by atoms with van der Waals surface area (Å²) in [6, 6.07) is 16.0. The Hall–Kier alpha value is -1.20. The van der Waals surface area contributed by atoms with Crippen LogP contribution in [0.4, 0.5) is 4.39 Å². The first kappa shape index (κ1) is 16.3. The van der Waals surface area contributed by atoms with Gasteiger partial charge < -0.3 is 0 Å². The van der Waals surface area contributed by atoms with E-state index in [9.17, 15) is 4.39 Å². The molecular weight excluding hydrogens is 415 g/mol. The van der Waals surface area contributed by atoms with Crippen molar-refractivity contribution in [2.24, 2.45) is 0 Å². The van der Waals surface area contributed by atoms with Crippen molar-refractivity contribution in [2.75, 3.05) is 19.8 Å². The molecule has 0 N–H and O–H groups in total. The van der Waals surface area contributed by atoms with Gasteiger partial charge in [-0.25, -0.2) is 4.39 Å². The molecule has 0 unspecified atom stereocenters. The Morgan fingerprint density at radius 3 is 2.79 bits per heavy atom. The average Bonchev–Trinajstić information content (AvgIpc) is 3.08. The third kappa shape index (κ3) is 2.93. The van der Waals surface area contributed by atoms with Crippen molar-refractivity contribution in [3.8, 4) is 0 Å². The predicted molar refractivity (Wildman–Crippen MR) is 106 cm³/mol. The Labute approximate surface area is 156 Å². The second-order valence-electron chi connectivity index (χ2n) is 6.67. The van der Waals surface area contributed by atoms with E-state index < -0.39 is 6.67 Å². The highest BCUT2D eigenvalue weighted by atomic mass is 131. The van der Waals surface area contributed by atoms with Gasteiger partial charge in [-0.1, -0.05) is 48.6 Å². The Morgan fingerprint density at radius 2 is 2.00 bits per heavy atom. The van der Waals surface area contributed by atoms with E-state index in [4.69, 9.17) is 0 Å². The molecule has 0 radical (unpaired) electrons. The molecule has 0 bridgehead atoms. The number of benzene rings is 2. The number of nitrogens with zero attached hydrogens (tertiary/aromatic N) is 1. The molecular formula is C21H21FIN. The van der Waals surface area contributed by atoms with Crippen LogP contribution in [-0.2, 0) is 0 Å². The fraction of sp³-hybridized carbons (Fsp3) is 0.333. The highest BCUT2D eigenvalue weighted by molar-refractivity contribution is 14.1. The topological polar surface area (TPSA) is 3.24 Å². The molecule has 2 aliphatic heterocycles. The third-order valence-electron chi connectivity index (χ3n) is 5.31. The maximum absolute atomic E-state index is 12.3. The quantitative estimate of drug-likeness (QED) is 0.570. The van der Waals surface area contributed by atoms with Gasteiger partial charge in [0.15, 0.2) is 0 Å². The fourth-order valence-electron chi connectivity index (χ4n) is 4.22. The van der Waals surface area contributed by atoms with Crippen molar-refractivity contribution in [2.45, 2.75) is 24.8 Å². The lowest BCUT2D eigenvalue weighted by Gasteiger charge is -2.38. The molecule has 2 aromatic carbocycles. The van der Waals surface area contributed by atoms with Crippen molar-refractivity contribution in [3.05, 3.63) is 74.4 Å². The van der Waals surface area contributed by atoms with Crippen LogP contribution in [0.25, 0.3) is 6.08 Å². The third-order valence-corrected chi connectivity index (χ3v) is 6.25. The summed E-state index contributed by atoms with van der Waals surface area (Å²) in [5.41, 5.74) is 5.47. The molecule has 1 nitrogen and oxygen atoms in total. The van der Waals surface area contributed by atoms with Crippen molar-refractivity contribution in [1.82, 2.24) is 4.90 Å². The summed E-state index contributed by atoms with van der Waals surface area (Å²) in [5, 5.41) is 0. The van der Waals surface area contributed by atoms with Crippen LogP contribution >= 0.6 is 22.6 Å². The second kappa shape index (κ2) is 6.96. The van der Waals surface area contributed by atoms with Gasteiger partial charge in [0.2, 0.25) is 0 Å². The normalized spacial score (nSPS) is 23.4. The van der Waals surface area contributed by atoms with Crippen LogP contribution in [0.3, 0.4) is 0 Å². The molecule has 3 heteroatoms. The highest BCUT2D eigenvalue weighted by Gasteiger charge is 2.37. The summed E-state index contributed by atoms with van der Waals surface area (Å²) >= 11 is 2.50. The van der Waals surface area contributed by atoms with E-state index in [2.05, 4.69) is 70.0 Å². The van der Waals surface area contributed by atoms with Gasteiger partial charge >= 0.3 is 0 Å². The monoisotopic (exact) mass is 436 g/mol. The Morgan fingerprint density at radius 1 is 1.17 bits per heavy atom. The van der Waals surface area contributed by atoms with E-state index in [1.54, 1.807) is 11.6 Å². The zero-order chi connectivity index (χ0) is 16.5. The first-order chi connectivity index (χ1) is 11.8. The Balaban J connectivity index is 1.72. The van der Waals surface area contributed by atoms with Crippen molar-refractivity contribution >= 4 is 28.7 Å². The first-order valence-electron chi connectivity index (χ1n) is 8.63. The maximum atomic E-state index is 12.3. The molecule has 2 aliphatic rings. The fourth-order valence-corrected chi connectivity index (χ4v) is 5.10. The largest absolute Gasteiger partial charge is 0.295 e. The van der Waals surface area contributed by atoms with E-state index in [0.717, 1.165) is 12.1 Å². The van der Waals surface area contributed by atoms with Gasteiger partial charge in [-0.2, -0.15) is 0 Å². The summed E-state index contributed by atoms with van der Waals surface area (Å²) in [6.07, 6.45) is 5.99. The molecule has 0 amide bonds. The van der Waals surface area contributed by atoms with Crippen LogP contribution in [-0.4, -0.2) is 24.7 Å². The molecule has 2 heterocycles. The van der Waals surface area contributed by atoms with Gasteiger partial charge in [0.25, 0.3) is 0 Å². The maximum Gasteiger partial charge on any atom is 0.108 e. The van der Waals surface area contributed by atoms with Gasteiger partial charge in [0, 0.05) is 22.1 Å². The van der Waals surface area contributed by atoms with Crippen molar-refractivity contribution in [1.29, 1.82) is 0 Å². The summed E-state index contributed by atoms with van der Waals surface area (Å²) in [7, 11) is 0. The van der Waals surface area contributed by atoms with E-state index >= 15 is 0 Å². The van der Waals surface area contributed by atoms with E-state index in [1.165, 1.54) is 34.1 Å². The van der Waals surface area contributed by atoms with Gasteiger partial charge in [-0.05, 0) is 70.3 Å². The number of fused-ring (bicyclic) bond motifs is 3. The molecule has 1 saturated heterocycles. The molecule has 0 saturated carbocycles. The molecule has 24 heavy (non-hydrogen) atoms. The van der Waals surface area contributed by atoms with Crippen LogP contribution in [0.2, 0.25) is 0 Å². The lowest BCUT2D eigenvalue weighted by molar-refractivity contribution is 0.229. The van der Waals surface area contributed by atoms with Gasteiger partial charge in [0.1, 0.15) is 6.67 Å². The molecule has 4 rings (SSSR count). The second-order valence-corrected chi connectivity index (χ2v) is 7.83. The minimum atomic E-state index is -0.410. The molecule has 124 valence electrons. The smallest absolute Gasteiger partial charge is 0.108 e. The Bertz CT molecular complexity index is 753. The lowest BCUT2D eigenvalue weighted by atomic mass is 9.81. The van der Waals surface area contributed by atoms with E-state index in [-0.39, 0.29) is 0 Å². The number of allylic oxidation sites excluding steroid dienone is 1. The zero-order valence-electron chi connectivity index (χ0n) is 13.6. The number of alkyl halides is 1. The first-order valence-corrected chi connectivity index (χ1v) is 9.70. The Kier molecular flexibility index (Phi) is 4.72. The lowest BCUT2D eigenvalue weighted by Crippen LogP contribution is -2.35. The zero-order valence-corrected chi connectivity index (χ0v) is 15.7. The summed E-state index contributed by atoms with van der Waals surface area (Å²) in [5.74, 6) is 0.434. The van der Waals surface area contributed by atoms with Gasteiger partial charge in [-0.3, -0.25) is 4.90 Å². The van der Waals surface area contributed by atoms with E-state index in [0.29, 0.717) is 12.0 Å². The molecule has 2 atom stereocenters. The van der Waals surface area contributed by atoms with Crippen molar-refractivity contribution < 1.29 is 4.39 Å². The minimum Gasteiger partial charge on any atom is -0.295 e. The number of hydrogen-bond donors (Lipinski definition) is 0. The van der Waals surface area contributed by atoms with Crippen LogP contribution < -0.4 is 0 Å². The SMILES string of the molecule is [18F]C/C=C/c1ccc([C@@H]2CN3CCC[C@@H]3c3c([131I])cccc32)cc1. The van der Waals surface area contributed by atoms with Crippen LogP contribution in [0, 0.1) is 3.57 Å². The number of halogens is 2. The van der Waals surface area contributed by atoms with Gasteiger partial charge in [-0.15, -0.1) is 0 Å². The average molecular weight is 436 g/mol. The standard InChI is InChI=1S/C21H21FIN/c22-12-2-4-15-8-10-16(11-9-15)18-14-24-13-3-7-20(24)21-17(18)5-1-6-19(21)23/h1-2,4-6,8-11,18,20H,3,7,12-14H2/b4-2+/t18-,20+/m0/s1/i22-1,23+4. The van der Waals surface area contributed by atoms with Crippen LogP contribution in [0.5, 0.6) is 0 Å². The molecule has 0 aromatic heterocycles. The van der Waals surface area contributed by atoms with Gasteiger partial charge in [0.05, 0.1) is 0 Å². The minimum absolute atomic E-state index is 0.410. The molecule has 0 aliphatic carbocycles. The predicted octanol–water partition coefficient (Wildman–Crippen LogP) is 5.56. The van der Waals surface area contributed by atoms with E-state index in [1.807, 2.05) is 6.08 Å². The molecule has 1 fully saturated rings. The number of hydrogen-bond acceptors (Lipinski definition) is 1. The molecule has 0 spiro atoms. The van der Waals surface area contributed by atoms with Crippen LogP contribution in [0.1, 0.15) is 47.1 Å². The summed E-state index contributed by atoms with van der Waals surface area (Å²) < 4.78 is 13.7. The number of rotatable bonds is 3. The highest BCUT2D eigenvalue weighted by Crippen LogP contribution is 2.45. The van der Waals surface area contributed by atoms with Crippen LogP contribution in [0.15, 0.2) is 48.5 Å². The summed E-state index contributed by atoms with van der Waals surface area (Å²) in [4.78, 5) is 2.66.